The molecule has 1 unspecified atom stereocenters. The number of carboxylic acids is 1. The molecule has 10 aromatic carbocycles. The molecular formula is C104H115BrClMg2N3O20. The van der Waals surface area contributed by atoms with Crippen LogP contribution in [0.5, 0.6) is 0 Å². The first kappa shape index (κ1) is 115. The molecule has 3 heterocycles. The van der Waals surface area contributed by atoms with Crippen LogP contribution in [0.1, 0.15) is 202 Å². The molecule has 0 aromatic heterocycles. The van der Waals surface area contributed by atoms with E-state index >= 15 is 0 Å². The van der Waals surface area contributed by atoms with Gasteiger partial charge in [-0.1, -0.05) is 263 Å². The van der Waals surface area contributed by atoms with E-state index in [2.05, 4.69) is 59.9 Å². The van der Waals surface area contributed by atoms with Crippen LogP contribution in [0, 0.1) is 13.8 Å². The first-order valence-electron chi connectivity index (χ1n) is 41.4. The summed E-state index contributed by atoms with van der Waals surface area (Å²) in [7, 11) is 0. The number of hydrogen-bond donors (Lipinski definition) is 5. The number of rotatable bonds is 24. The molecule has 0 saturated carbocycles. The number of esters is 6. The number of carbonyl (C=O) groups excluding carboxylic acids is 11. The summed E-state index contributed by atoms with van der Waals surface area (Å²) in [6.07, 6.45) is 0.706. The zero-order valence-corrected chi connectivity index (χ0v) is 81.8. The number of anilines is 3. The molecule has 0 fully saturated rings. The van der Waals surface area contributed by atoms with Crippen molar-refractivity contribution in [3.05, 3.63) is 353 Å². The largest absolute Gasteiger partial charge is 2.00 e. The number of aliphatic carboxylic acids is 1. The molecular weight excluding hydrogens is 1780 g/mol. The van der Waals surface area contributed by atoms with Gasteiger partial charge >= 0.3 is 87.9 Å². The number of fused-ring (bicyclic) bond motifs is 3. The number of carboxylic acid groups (broad SMARTS) is 1. The van der Waals surface area contributed by atoms with Gasteiger partial charge in [0, 0.05) is 59.4 Å². The summed E-state index contributed by atoms with van der Waals surface area (Å²) in [5, 5.41) is 25.7. The molecule has 23 nitrogen and oxygen atoms in total. The Kier molecular flexibility index (Phi) is 48.9. The standard InChI is InChI=1S/C27H27NO4.C20H19NO4.C14H18O3.C12H14O3.C10H13.C8H7NO2.C7H7.C6H10O4.BrH.ClH.2Mg/c1-26(2,21-11-7-4-8-12-21)18-27(31,16-19-9-5-3-6-10-19)25(30)28-22-13-14-23-20(15-22)17-32-24(23)29;1-20(2,14-6-4-3-5-7-14)11-17(22)18(23)21-15-8-9-16-13(10-15)12-25-19(16)24;1-4-17-13(16)12(15)10-14(2,3)11-8-6-5-7-9-11;1-12(2,8-10(13)11(14)15)9-6-4-3-5-7-9;1-10(2,3)9-7-5-4-6-8-9;9-6-1-2-7-5(3-6)4-11-8(7)10;1-7-5-3-2-4-6-7;1-3-9-5(7)6(8)10-4-2;;;;/h3-15,31H,16-18H2,1-2H3,(H,28,30);3-10H,11-12H2,1-2H3,(H,21,23);5-9H,4,10H2,1-3H3;3-7H,8H2,1-2H3,(H,14,15);4-8H,1H2,2-3H3;1-3H,4,9H2;2-6H,1H2;3-4H2,1-2H3;2*1H;;/q;;;;-1;;-1;;;;2*+2/p-2. The Morgan fingerprint density at radius 2 is 0.710 bits per heavy atom. The molecule has 2 amide bonds. The normalized spacial score (nSPS) is 12.0. The van der Waals surface area contributed by atoms with Crippen molar-refractivity contribution < 1.29 is 126 Å². The summed E-state index contributed by atoms with van der Waals surface area (Å²) in [5.41, 5.74) is 15.2. The van der Waals surface area contributed by atoms with E-state index in [1.165, 1.54) is 5.56 Å². The number of ether oxygens (including phenoxy) is 6. The molecule has 27 heteroatoms. The molecule has 3 aliphatic heterocycles. The van der Waals surface area contributed by atoms with Gasteiger partial charge in [-0.05, 0) is 131 Å². The van der Waals surface area contributed by atoms with Crippen LogP contribution in [0.25, 0.3) is 0 Å². The summed E-state index contributed by atoms with van der Waals surface area (Å²) < 4.78 is 28.1. The zero-order chi connectivity index (χ0) is 93.7. The van der Waals surface area contributed by atoms with Crippen molar-refractivity contribution in [2.24, 2.45) is 0 Å². The first-order chi connectivity index (χ1) is 60.0. The average Bonchev–Trinajstić information content (AvgIpc) is 1.39. The number of amides is 2. The van der Waals surface area contributed by atoms with Gasteiger partial charge in [0.05, 0.1) is 36.5 Å². The van der Waals surface area contributed by atoms with E-state index in [9.17, 15) is 62.6 Å². The van der Waals surface area contributed by atoms with Crippen LogP contribution in [0.3, 0.4) is 0 Å². The fourth-order valence-electron chi connectivity index (χ4n) is 13.3. The summed E-state index contributed by atoms with van der Waals surface area (Å²) in [5.74, 6) is -7.77. The molecule has 3 aliphatic rings. The number of ketones is 3. The van der Waals surface area contributed by atoms with Gasteiger partial charge in [-0.25, -0.2) is 33.6 Å². The number of Topliss-reactive ketones (excluding diaryl/α,β-unsaturated/α-hetero) is 3. The molecule has 0 aliphatic carbocycles. The Balaban J connectivity index is 0.000000528. The van der Waals surface area contributed by atoms with E-state index in [0.29, 0.717) is 45.9 Å². The third-order valence-corrected chi connectivity index (χ3v) is 20.2. The molecule has 0 radical (unpaired) electrons. The van der Waals surface area contributed by atoms with Crippen molar-refractivity contribution in [1.82, 2.24) is 0 Å². The van der Waals surface area contributed by atoms with Crippen LogP contribution >= 0.6 is 0 Å². The average molecular weight is 1890 g/mol. The third kappa shape index (κ3) is 38.0. The van der Waals surface area contributed by atoms with E-state index in [1.54, 1.807) is 75.4 Å². The number of benzene rings is 10. The fourth-order valence-corrected chi connectivity index (χ4v) is 13.3. The van der Waals surface area contributed by atoms with Crippen molar-refractivity contribution in [3.8, 4) is 0 Å². The Morgan fingerprint density at radius 1 is 0.405 bits per heavy atom. The topological polar surface area (TPSA) is 351 Å². The number of nitrogens with one attached hydrogen (secondary N) is 2. The van der Waals surface area contributed by atoms with Crippen LogP contribution in [-0.4, -0.2) is 153 Å². The SMILES string of the molecule is CC(C)(CC(=O)C(=O)Nc1ccc2c(c1)COC2=O)c1ccccc1.CC(C)(CC(=O)C(=O)O)c1ccccc1.CC(C)(CC(O)(Cc1ccccc1)C(=O)Nc1ccc2c(c1)COC2=O)c1ccccc1.CCOC(=O)C(=O)CC(C)(C)c1ccccc1.CCOC(=O)C(=O)OCC.Nc1ccc2c(c1)COC2=O.[Br-].[CH2-]C(C)(C)c1ccccc1.[CH2-]c1ccccc1.[Cl-].[Mg+2].[Mg+2]. The van der Waals surface area contributed by atoms with Crippen LogP contribution in [-0.2, 0) is 125 Å². The first-order valence-corrected chi connectivity index (χ1v) is 41.4. The Bertz CT molecular complexity index is 5360. The van der Waals surface area contributed by atoms with Gasteiger partial charge in [0.2, 0.25) is 17.3 Å². The number of halogens is 2. The Labute approximate surface area is 817 Å². The molecule has 0 saturated heterocycles. The molecule has 0 bridgehead atoms. The maximum absolute atomic E-state index is 13.5. The number of aliphatic hydroxyl groups is 1. The van der Waals surface area contributed by atoms with E-state index in [0.717, 1.165) is 44.5 Å². The molecule has 1 atom stereocenters. The predicted molar refractivity (Wildman–Crippen MR) is 500 cm³/mol. The molecule has 13 rings (SSSR count). The maximum Gasteiger partial charge on any atom is 2.00 e. The minimum absolute atomic E-state index is 0. The van der Waals surface area contributed by atoms with Gasteiger partial charge in [-0.3, -0.25) is 24.0 Å². The predicted octanol–water partition coefficient (Wildman–Crippen LogP) is 11.3. The molecule has 684 valence electrons. The summed E-state index contributed by atoms with van der Waals surface area (Å²) in [4.78, 5) is 137. The van der Waals surface area contributed by atoms with E-state index in [4.69, 9.17) is 29.8 Å². The minimum Gasteiger partial charge on any atom is -1.00 e. The van der Waals surface area contributed by atoms with Crippen LogP contribution < -0.4 is 45.8 Å². The van der Waals surface area contributed by atoms with E-state index < -0.39 is 74.9 Å². The maximum atomic E-state index is 13.5. The van der Waals surface area contributed by atoms with Crippen LogP contribution in [0.2, 0.25) is 0 Å². The second kappa shape index (κ2) is 55.5. The number of hydrogen-bond acceptors (Lipinski definition) is 20. The summed E-state index contributed by atoms with van der Waals surface area (Å²) >= 11 is 0. The number of carbonyl (C=O) groups is 12. The molecule has 0 spiro atoms. The molecule has 10 aromatic rings. The van der Waals surface area contributed by atoms with Gasteiger partial charge in [-0.15, -0.1) is 17.5 Å². The van der Waals surface area contributed by atoms with Crippen LogP contribution in [0.15, 0.2) is 267 Å². The number of cyclic esters (lactones) is 3. The second-order valence-corrected chi connectivity index (χ2v) is 33.2. The second-order valence-electron chi connectivity index (χ2n) is 33.2. The van der Waals surface area contributed by atoms with Gasteiger partial charge in [-0.2, -0.15) is 24.6 Å². The Morgan fingerprint density at radius 3 is 1.05 bits per heavy atom. The van der Waals surface area contributed by atoms with Crippen molar-refractivity contribution in [2.75, 3.05) is 36.2 Å². The van der Waals surface area contributed by atoms with Crippen molar-refractivity contribution in [2.45, 2.75) is 175 Å². The molecule has 6 N–H and O–H groups in total. The van der Waals surface area contributed by atoms with Crippen LogP contribution in [0.4, 0.5) is 17.1 Å². The fraction of sp³-hybridized carbons (Fsp3) is 0.288. The van der Waals surface area contributed by atoms with Gasteiger partial charge < -0.3 is 91.3 Å². The number of nitrogens with two attached hydrogens (primary N) is 1. The van der Waals surface area contributed by atoms with E-state index in [1.807, 2.05) is 256 Å². The van der Waals surface area contributed by atoms with Crippen molar-refractivity contribution >= 4 is 134 Å². The third-order valence-electron chi connectivity index (χ3n) is 20.2. The van der Waals surface area contributed by atoms with Gasteiger partial charge in [0.1, 0.15) is 25.4 Å². The van der Waals surface area contributed by atoms with Crippen molar-refractivity contribution in [3.63, 3.8) is 0 Å². The molecule has 131 heavy (non-hydrogen) atoms. The quantitative estimate of drug-likeness (QED) is 0.00937. The smallest absolute Gasteiger partial charge is 1.00 e. The van der Waals surface area contributed by atoms with E-state index in [-0.39, 0.29) is 169 Å². The monoisotopic (exact) mass is 1890 g/mol. The summed E-state index contributed by atoms with van der Waals surface area (Å²) in [6, 6.07) is 83.4. The Hall–Kier alpha value is -11.6. The zero-order valence-electron chi connectivity index (χ0n) is 76.6. The van der Waals surface area contributed by atoms with Crippen molar-refractivity contribution in [1.29, 1.82) is 0 Å². The summed E-state index contributed by atoms with van der Waals surface area (Å²) in [6.45, 7) is 33.8. The van der Waals surface area contributed by atoms with Gasteiger partial charge in [0.25, 0.3) is 11.8 Å². The minimum atomic E-state index is -1.65. The number of nitrogen functional groups attached to an aromatic ring is 1. The van der Waals surface area contributed by atoms with Gasteiger partial charge in [0.15, 0.2) is 0 Å².